The molecule has 1 heteroatoms. The molecule has 1 rings (SSSR count). The highest BCUT2D eigenvalue weighted by Gasteiger charge is 2.11. The number of hydrogen-bond acceptors (Lipinski definition) is 1. The van der Waals surface area contributed by atoms with Crippen LogP contribution in [0.4, 0.5) is 0 Å². The van der Waals surface area contributed by atoms with Gasteiger partial charge in [-0.05, 0) is 50.5 Å². The Morgan fingerprint density at radius 2 is 1.16 bits per heavy atom. The van der Waals surface area contributed by atoms with Gasteiger partial charge in [0.15, 0.2) is 0 Å². The molecule has 0 saturated carbocycles. The molecule has 0 aliphatic rings. The standard InChI is InChI=1S/C18H22O/c1-5-9-14-13-18(19)17(12-8-4)16(11-7-3)15(14)10-6-2/h5-13,19H,1-4H3. The van der Waals surface area contributed by atoms with Gasteiger partial charge in [-0.1, -0.05) is 48.6 Å². The van der Waals surface area contributed by atoms with Gasteiger partial charge in [-0.15, -0.1) is 0 Å². The lowest BCUT2D eigenvalue weighted by molar-refractivity contribution is 0.473. The van der Waals surface area contributed by atoms with Crippen molar-refractivity contribution in [1.29, 1.82) is 0 Å². The van der Waals surface area contributed by atoms with E-state index in [2.05, 4.69) is 6.08 Å². The van der Waals surface area contributed by atoms with Gasteiger partial charge in [-0.25, -0.2) is 0 Å². The van der Waals surface area contributed by atoms with Gasteiger partial charge in [0, 0.05) is 5.56 Å². The van der Waals surface area contributed by atoms with Gasteiger partial charge in [-0.2, -0.15) is 0 Å². The molecule has 1 aromatic rings. The summed E-state index contributed by atoms with van der Waals surface area (Å²) >= 11 is 0. The summed E-state index contributed by atoms with van der Waals surface area (Å²) in [7, 11) is 0. The summed E-state index contributed by atoms with van der Waals surface area (Å²) in [6, 6.07) is 1.82. The third-order valence-electron chi connectivity index (χ3n) is 2.81. The first-order chi connectivity index (χ1) is 9.19. The lowest BCUT2D eigenvalue weighted by Gasteiger charge is -2.13. The Kier molecular flexibility index (Phi) is 5.87. The van der Waals surface area contributed by atoms with Crippen LogP contribution in [0.25, 0.3) is 24.3 Å². The first-order valence-electron chi connectivity index (χ1n) is 6.60. The Morgan fingerprint density at radius 3 is 1.68 bits per heavy atom. The Balaban J connectivity index is 3.74. The van der Waals surface area contributed by atoms with E-state index in [4.69, 9.17) is 0 Å². The average Bonchev–Trinajstić information content (AvgIpc) is 2.38. The molecule has 1 aromatic carbocycles. The highest BCUT2D eigenvalue weighted by molar-refractivity contribution is 5.82. The molecule has 19 heavy (non-hydrogen) atoms. The smallest absolute Gasteiger partial charge is 0.124 e. The van der Waals surface area contributed by atoms with Crippen LogP contribution in [0.1, 0.15) is 49.9 Å². The Morgan fingerprint density at radius 1 is 0.684 bits per heavy atom. The number of benzene rings is 1. The summed E-state index contributed by atoms with van der Waals surface area (Å²) in [5.41, 5.74) is 4.07. The fourth-order valence-corrected chi connectivity index (χ4v) is 2.10. The van der Waals surface area contributed by atoms with Crippen molar-refractivity contribution in [2.24, 2.45) is 0 Å². The number of allylic oxidation sites excluding steroid dienone is 4. The molecule has 0 atom stereocenters. The number of aromatic hydroxyl groups is 1. The van der Waals surface area contributed by atoms with Crippen LogP contribution in [0.15, 0.2) is 30.4 Å². The van der Waals surface area contributed by atoms with E-state index < -0.39 is 0 Å². The van der Waals surface area contributed by atoms with Gasteiger partial charge in [0.25, 0.3) is 0 Å². The van der Waals surface area contributed by atoms with Crippen molar-refractivity contribution in [2.75, 3.05) is 0 Å². The molecule has 0 aromatic heterocycles. The third-order valence-corrected chi connectivity index (χ3v) is 2.81. The van der Waals surface area contributed by atoms with Gasteiger partial charge in [0.05, 0.1) is 0 Å². The SMILES string of the molecule is CC=Cc1cc(O)c(C=CC)c(C=CC)c1C=CC. The van der Waals surface area contributed by atoms with E-state index in [9.17, 15) is 5.11 Å². The number of phenols is 1. The number of hydrogen-bond donors (Lipinski definition) is 1. The molecule has 0 amide bonds. The highest BCUT2D eigenvalue weighted by atomic mass is 16.3. The molecular formula is C18H22O. The Labute approximate surface area is 116 Å². The van der Waals surface area contributed by atoms with Crippen molar-refractivity contribution in [3.8, 4) is 5.75 Å². The van der Waals surface area contributed by atoms with Gasteiger partial charge in [0.1, 0.15) is 5.75 Å². The zero-order chi connectivity index (χ0) is 14.3. The summed E-state index contributed by atoms with van der Waals surface area (Å²) in [6.45, 7) is 7.92. The van der Waals surface area contributed by atoms with Crippen molar-refractivity contribution >= 4 is 24.3 Å². The Hall–Kier alpha value is -2.02. The number of rotatable bonds is 4. The predicted molar refractivity (Wildman–Crippen MR) is 86.9 cm³/mol. The largest absolute Gasteiger partial charge is 0.507 e. The molecule has 0 fully saturated rings. The third kappa shape index (κ3) is 3.47. The molecule has 0 heterocycles. The minimum atomic E-state index is 0.313. The quantitative estimate of drug-likeness (QED) is 0.749. The van der Waals surface area contributed by atoms with Crippen molar-refractivity contribution in [3.63, 3.8) is 0 Å². The highest BCUT2D eigenvalue weighted by Crippen LogP contribution is 2.32. The zero-order valence-corrected chi connectivity index (χ0v) is 12.1. The van der Waals surface area contributed by atoms with Crippen LogP contribution < -0.4 is 0 Å². The molecule has 0 bridgehead atoms. The monoisotopic (exact) mass is 254 g/mol. The Bertz CT molecular complexity index is 543. The maximum absolute atomic E-state index is 10.2. The second-order valence-corrected chi connectivity index (χ2v) is 4.23. The zero-order valence-electron chi connectivity index (χ0n) is 12.1. The maximum atomic E-state index is 10.2. The fourth-order valence-electron chi connectivity index (χ4n) is 2.10. The van der Waals surface area contributed by atoms with Crippen molar-refractivity contribution in [3.05, 3.63) is 52.6 Å². The summed E-state index contributed by atoms with van der Waals surface area (Å²) in [6.07, 6.45) is 16.0. The molecule has 0 unspecified atom stereocenters. The van der Waals surface area contributed by atoms with E-state index in [1.807, 2.05) is 76.3 Å². The van der Waals surface area contributed by atoms with E-state index in [0.717, 1.165) is 22.3 Å². The average molecular weight is 254 g/mol. The molecule has 0 radical (unpaired) electrons. The van der Waals surface area contributed by atoms with Crippen molar-refractivity contribution in [1.82, 2.24) is 0 Å². The summed E-state index contributed by atoms with van der Waals surface area (Å²) < 4.78 is 0. The van der Waals surface area contributed by atoms with Crippen molar-refractivity contribution < 1.29 is 5.11 Å². The molecule has 0 spiro atoms. The van der Waals surface area contributed by atoms with E-state index in [0.29, 0.717) is 5.75 Å². The summed E-state index contributed by atoms with van der Waals surface area (Å²) in [5.74, 6) is 0.313. The van der Waals surface area contributed by atoms with Crippen LogP contribution in [-0.4, -0.2) is 5.11 Å². The molecule has 0 aliphatic carbocycles. The maximum Gasteiger partial charge on any atom is 0.124 e. The molecule has 100 valence electrons. The van der Waals surface area contributed by atoms with Gasteiger partial charge in [0.2, 0.25) is 0 Å². The molecule has 1 N–H and O–H groups in total. The second-order valence-electron chi connectivity index (χ2n) is 4.23. The van der Waals surface area contributed by atoms with Crippen LogP contribution in [0.5, 0.6) is 5.75 Å². The molecular weight excluding hydrogens is 232 g/mol. The topological polar surface area (TPSA) is 20.2 Å². The van der Waals surface area contributed by atoms with Crippen LogP contribution in [0, 0.1) is 0 Å². The van der Waals surface area contributed by atoms with Gasteiger partial charge >= 0.3 is 0 Å². The fraction of sp³-hybridized carbons (Fsp3) is 0.222. The first kappa shape index (κ1) is 15.0. The summed E-state index contributed by atoms with van der Waals surface area (Å²) in [5, 5.41) is 10.2. The molecule has 0 aliphatic heterocycles. The van der Waals surface area contributed by atoms with E-state index in [-0.39, 0.29) is 0 Å². The van der Waals surface area contributed by atoms with Gasteiger partial charge < -0.3 is 5.11 Å². The number of phenolic OH excluding ortho intramolecular Hbond substituents is 1. The second kappa shape index (κ2) is 7.42. The van der Waals surface area contributed by atoms with Crippen LogP contribution >= 0.6 is 0 Å². The van der Waals surface area contributed by atoms with E-state index in [1.165, 1.54) is 0 Å². The predicted octanol–water partition coefficient (Wildman–Crippen LogP) is 5.52. The van der Waals surface area contributed by atoms with Crippen LogP contribution in [0.2, 0.25) is 0 Å². The molecule has 0 saturated heterocycles. The first-order valence-corrected chi connectivity index (χ1v) is 6.60. The van der Waals surface area contributed by atoms with E-state index in [1.54, 1.807) is 0 Å². The molecule has 1 nitrogen and oxygen atoms in total. The summed E-state index contributed by atoms with van der Waals surface area (Å²) in [4.78, 5) is 0. The lowest BCUT2D eigenvalue weighted by Crippen LogP contribution is -1.92. The van der Waals surface area contributed by atoms with Crippen LogP contribution in [0.3, 0.4) is 0 Å². The van der Waals surface area contributed by atoms with Crippen LogP contribution in [-0.2, 0) is 0 Å². The van der Waals surface area contributed by atoms with E-state index >= 15 is 0 Å². The minimum absolute atomic E-state index is 0.313. The normalized spacial score (nSPS) is 12.6. The van der Waals surface area contributed by atoms with Gasteiger partial charge in [-0.3, -0.25) is 0 Å². The minimum Gasteiger partial charge on any atom is -0.507 e. The van der Waals surface area contributed by atoms with Crippen molar-refractivity contribution in [2.45, 2.75) is 27.7 Å². The lowest BCUT2D eigenvalue weighted by atomic mass is 9.93.